The Hall–Kier alpha value is -1.10. The molecule has 3 fully saturated rings. The minimum atomic E-state index is 0.173. The standard InChI is InChI=1S/C13H21N3O2/c17-12-4-1-9-8-16(6-5-11(9)15-12)13(18)7-14-10-2-3-10/h9-11,14H,1-8H2,(H,15,17). The average molecular weight is 251 g/mol. The summed E-state index contributed by atoms with van der Waals surface area (Å²) in [5, 5.41) is 6.32. The van der Waals surface area contributed by atoms with Gasteiger partial charge < -0.3 is 15.5 Å². The lowest BCUT2D eigenvalue weighted by Crippen LogP contribution is -2.56. The van der Waals surface area contributed by atoms with E-state index in [9.17, 15) is 9.59 Å². The van der Waals surface area contributed by atoms with Crippen LogP contribution in [0.15, 0.2) is 0 Å². The van der Waals surface area contributed by atoms with Crippen molar-refractivity contribution in [3.63, 3.8) is 0 Å². The van der Waals surface area contributed by atoms with Crippen LogP contribution in [0.25, 0.3) is 0 Å². The summed E-state index contributed by atoms with van der Waals surface area (Å²) >= 11 is 0. The summed E-state index contributed by atoms with van der Waals surface area (Å²) in [4.78, 5) is 25.3. The molecule has 2 saturated heterocycles. The SMILES string of the molecule is O=C1CCC2CN(C(=O)CNC3CC3)CCC2N1. The number of piperidine rings is 2. The molecule has 0 spiro atoms. The van der Waals surface area contributed by atoms with E-state index in [0.717, 1.165) is 25.9 Å². The summed E-state index contributed by atoms with van der Waals surface area (Å²) in [6.45, 7) is 2.08. The lowest BCUT2D eigenvalue weighted by atomic mass is 9.85. The number of hydrogen-bond donors (Lipinski definition) is 2. The van der Waals surface area contributed by atoms with Gasteiger partial charge in [-0.3, -0.25) is 9.59 Å². The lowest BCUT2D eigenvalue weighted by Gasteiger charge is -2.41. The topological polar surface area (TPSA) is 61.4 Å². The monoisotopic (exact) mass is 251 g/mol. The Bertz CT molecular complexity index is 354. The number of nitrogens with one attached hydrogen (secondary N) is 2. The zero-order chi connectivity index (χ0) is 12.5. The van der Waals surface area contributed by atoms with Crippen LogP contribution in [-0.4, -0.2) is 48.4 Å². The first-order valence-corrected chi connectivity index (χ1v) is 7.03. The van der Waals surface area contributed by atoms with E-state index in [4.69, 9.17) is 0 Å². The summed E-state index contributed by atoms with van der Waals surface area (Å²) in [6, 6.07) is 0.882. The molecule has 2 unspecified atom stereocenters. The molecule has 5 heteroatoms. The Morgan fingerprint density at radius 1 is 1.33 bits per heavy atom. The Kier molecular flexibility index (Phi) is 3.24. The fourth-order valence-corrected chi connectivity index (χ4v) is 2.97. The molecule has 18 heavy (non-hydrogen) atoms. The first kappa shape index (κ1) is 12.0. The van der Waals surface area contributed by atoms with Gasteiger partial charge in [0, 0.05) is 31.6 Å². The van der Waals surface area contributed by atoms with Crippen LogP contribution in [-0.2, 0) is 9.59 Å². The number of carbonyl (C=O) groups excluding carboxylic acids is 2. The van der Waals surface area contributed by atoms with Gasteiger partial charge in [0.1, 0.15) is 0 Å². The highest BCUT2D eigenvalue weighted by atomic mass is 16.2. The third kappa shape index (κ3) is 2.66. The molecule has 0 aromatic carbocycles. The van der Waals surface area contributed by atoms with Crippen molar-refractivity contribution in [3.8, 4) is 0 Å². The van der Waals surface area contributed by atoms with Crippen molar-refractivity contribution in [1.29, 1.82) is 0 Å². The molecule has 2 amide bonds. The van der Waals surface area contributed by atoms with Crippen molar-refractivity contribution in [2.45, 2.75) is 44.2 Å². The van der Waals surface area contributed by atoms with E-state index in [2.05, 4.69) is 10.6 Å². The minimum absolute atomic E-state index is 0.173. The highest BCUT2D eigenvalue weighted by Crippen LogP contribution is 2.25. The zero-order valence-corrected chi connectivity index (χ0v) is 10.7. The molecule has 1 saturated carbocycles. The largest absolute Gasteiger partial charge is 0.353 e. The van der Waals surface area contributed by atoms with Crippen molar-refractivity contribution in [3.05, 3.63) is 0 Å². The van der Waals surface area contributed by atoms with Crippen LogP contribution < -0.4 is 10.6 Å². The molecule has 5 nitrogen and oxygen atoms in total. The minimum Gasteiger partial charge on any atom is -0.353 e. The van der Waals surface area contributed by atoms with Gasteiger partial charge in [0.2, 0.25) is 11.8 Å². The lowest BCUT2D eigenvalue weighted by molar-refractivity contribution is -0.134. The van der Waals surface area contributed by atoms with Crippen LogP contribution >= 0.6 is 0 Å². The number of likely N-dealkylation sites (tertiary alicyclic amines) is 1. The molecule has 2 atom stereocenters. The second-order valence-electron chi connectivity index (χ2n) is 5.76. The smallest absolute Gasteiger partial charge is 0.236 e. The fraction of sp³-hybridized carbons (Fsp3) is 0.846. The molecule has 0 aromatic rings. The second kappa shape index (κ2) is 4.88. The average Bonchev–Trinajstić information content (AvgIpc) is 3.19. The van der Waals surface area contributed by atoms with Crippen molar-refractivity contribution < 1.29 is 9.59 Å². The van der Waals surface area contributed by atoms with Gasteiger partial charge in [0.05, 0.1) is 6.54 Å². The van der Waals surface area contributed by atoms with E-state index in [1.807, 2.05) is 4.90 Å². The summed E-state index contributed by atoms with van der Waals surface area (Å²) in [5.74, 6) is 0.852. The molecule has 0 aromatic heterocycles. The molecule has 100 valence electrons. The van der Waals surface area contributed by atoms with E-state index in [0.29, 0.717) is 31.0 Å². The van der Waals surface area contributed by atoms with E-state index in [1.165, 1.54) is 12.8 Å². The Morgan fingerprint density at radius 3 is 2.94 bits per heavy atom. The van der Waals surface area contributed by atoms with Gasteiger partial charge in [-0.05, 0) is 31.6 Å². The molecule has 2 aliphatic heterocycles. The summed E-state index contributed by atoms with van der Waals surface area (Å²) in [7, 11) is 0. The Labute approximate surface area is 107 Å². The van der Waals surface area contributed by atoms with Gasteiger partial charge in [-0.1, -0.05) is 0 Å². The van der Waals surface area contributed by atoms with Crippen molar-refractivity contribution in [2.24, 2.45) is 5.92 Å². The van der Waals surface area contributed by atoms with Crippen LogP contribution in [0.2, 0.25) is 0 Å². The maximum atomic E-state index is 12.0. The quantitative estimate of drug-likeness (QED) is 0.734. The highest BCUT2D eigenvalue weighted by molar-refractivity contribution is 5.79. The normalized spacial score (nSPS) is 31.8. The predicted octanol–water partition coefficient (Wildman–Crippen LogP) is -0.134. The number of amides is 2. The van der Waals surface area contributed by atoms with Gasteiger partial charge in [-0.25, -0.2) is 0 Å². The molecule has 0 bridgehead atoms. The molecule has 1 aliphatic carbocycles. The van der Waals surface area contributed by atoms with Crippen LogP contribution in [0.4, 0.5) is 0 Å². The summed E-state index contributed by atoms with van der Waals surface area (Å²) in [5.41, 5.74) is 0. The summed E-state index contributed by atoms with van der Waals surface area (Å²) < 4.78 is 0. The van der Waals surface area contributed by atoms with Gasteiger partial charge >= 0.3 is 0 Å². The third-order valence-electron chi connectivity index (χ3n) is 4.29. The number of rotatable bonds is 3. The highest BCUT2D eigenvalue weighted by Gasteiger charge is 2.35. The van der Waals surface area contributed by atoms with Crippen LogP contribution in [0, 0.1) is 5.92 Å². The van der Waals surface area contributed by atoms with Gasteiger partial charge in [0.15, 0.2) is 0 Å². The number of nitrogens with zero attached hydrogens (tertiary/aromatic N) is 1. The van der Waals surface area contributed by atoms with Gasteiger partial charge in [0.25, 0.3) is 0 Å². The first-order chi connectivity index (χ1) is 8.72. The molecular weight excluding hydrogens is 230 g/mol. The molecule has 0 radical (unpaired) electrons. The Morgan fingerprint density at radius 2 is 2.17 bits per heavy atom. The zero-order valence-electron chi connectivity index (χ0n) is 10.7. The van der Waals surface area contributed by atoms with Crippen molar-refractivity contribution >= 4 is 11.8 Å². The maximum Gasteiger partial charge on any atom is 0.236 e. The number of fused-ring (bicyclic) bond motifs is 1. The predicted molar refractivity (Wildman–Crippen MR) is 66.9 cm³/mol. The van der Waals surface area contributed by atoms with E-state index in [-0.39, 0.29) is 11.8 Å². The molecule has 2 N–H and O–H groups in total. The number of carbonyl (C=O) groups is 2. The van der Waals surface area contributed by atoms with E-state index < -0.39 is 0 Å². The van der Waals surface area contributed by atoms with Crippen molar-refractivity contribution in [1.82, 2.24) is 15.5 Å². The first-order valence-electron chi connectivity index (χ1n) is 7.03. The van der Waals surface area contributed by atoms with E-state index >= 15 is 0 Å². The molecule has 3 rings (SSSR count). The molecule has 3 aliphatic rings. The van der Waals surface area contributed by atoms with Crippen LogP contribution in [0.3, 0.4) is 0 Å². The molecular formula is C13H21N3O2. The molecule has 2 heterocycles. The number of hydrogen-bond acceptors (Lipinski definition) is 3. The fourth-order valence-electron chi connectivity index (χ4n) is 2.97. The maximum absolute atomic E-state index is 12.0. The van der Waals surface area contributed by atoms with Gasteiger partial charge in [-0.2, -0.15) is 0 Å². The van der Waals surface area contributed by atoms with Crippen LogP contribution in [0.1, 0.15) is 32.1 Å². The van der Waals surface area contributed by atoms with Crippen LogP contribution in [0.5, 0.6) is 0 Å². The van der Waals surface area contributed by atoms with E-state index in [1.54, 1.807) is 0 Å². The Balaban J connectivity index is 1.49. The summed E-state index contributed by atoms with van der Waals surface area (Å²) in [6.07, 6.45) is 4.87. The third-order valence-corrected chi connectivity index (χ3v) is 4.29. The van der Waals surface area contributed by atoms with Crippen molar-refractivity contribution in [2.75, 3.05) is 19.6 Å². The second-order valence-corrected chi connectivity index (χ2v) is 5.76. The van der Waals surface area contributed by atoms with Gasteiger partial charge in [-0.15, -0.1) is 0 Å².